The molecule has 2 N–H and O–H groups in total. The lowest BCUT2D eigenvalue weighted by atomic mass is 10.0. The largest absolute Gasteiger partial charge is 0.393 e. The SMILES string of the molecule is CC1CC(O)(CO)CS1. The Morgan fingerprint density at radius 1 is 1.78 bits per heavy atom. The van der Waals surface area contributed by atoms with Gasteiger partial charge in [0, 0.05) is 11.0 Å². The standard InChI is InChI=1S/C6H12O2S/c1-5-2-6(8,3-7)4-9-5/h5,7-8H,2-4H2,1H3. The number of hydrogen-bond donors (Lipinski definition) is 2. The van der Waals surface area contributed by atoms with E-state index in [4.69, 9.17) is 5.11 Å². The highest BCUT2D eigenvalue weighted by atomic mass is 32.2. The minimum Gasteiger partial charge on any atom is -0.393 e. The molecule has 1 fully saturated rings. The van der Waals surface area contributed by atoms with Crippen LogP contribution in [0.2, 0.25) is 0 Å². The van der Waals surface area contributed by atoms with E-state index in [0.29, 0.717) is 11.0 Å². The van der Waals surface area contributed by atoms with Crippen molar-refractivity contribution in [3.63, 3.8) is 0 Å². The predicted octanol–water partition coefficient (Wildman–Crippen LogP) is 0.235. The lowest BCUT2D eigenvalue weighted by Gasteiger charge is -2.16. The van der Waals surface area contributed by atoms with Crippen molar-refractivity contribution in [2.45, 2.75) is 24.2 Å². The third kappa shape index (κ3) is 1.60. The topological polar surface area (TPSA) is 40.5 Å². The van der Waals surface area contributed by atoms with Crippen LogP contribution in [0.15, 0.2) is 0 Å². The van der Waals surface area contributed by atoms with Gasteiger partial charge in [0.05, 0.1) is 12.2 Å². The maximum atomic E-state index is 9.40. The highest BCUT2D eigenvalue weighted by molar-refractivity contribution is 8.00. The monoisotopic (exact) mass is 148 g/mol. The zero-order chi connectivity index (χ0) is 6.91. The Balaban J connectivity index is 2.45. The molecule has 3 heteroatoms. The van der Waals surface area contributed by atoms with Gasteiger partial charge in [-0.3, -0.25) is 0 Å². The Morgan fingerprint density at radius 2 is 2.44 bits per heavy atom. The van der Waals surface area contributed by atoms with Crippen molar-refractivity contribution >= 4 is 11.8 Å². The molecule has 2 unspecified atom stereocenters. The first-order chi connectivity index (χ1) is 4.16. The third-order valence-corrected chi connectivity index (χ3v) is 3.04. The van der Waals surface area contributed by atoms with Crippen LogP contribution in [0.4, 0.5) is 0 Å². The Morgan fingerprint density at radius 3 is 2.67 bits per heavy atom. The van der Waals surface area contributed by atoms with Crippen molar-refractivity contribution in [2.24, 2.45) is 0 Å². The molecule has 0 aromatic heterocycles. The maximum Gasteiger partial charge on any atom is 0.0977 e. The first kappa shape index (κ1) is 7.38. The molecule has 0 bridgehead atoms. The van der Waals surface area contributed by atoms with E-state index >= 15 is 0 Å². The third-order valence-electron chi connectivity index (χ3n) is 1.60. The number of hydrogen-bond acceptors (Lipinski definition) is 3. The average molecular weight is 148 g/mol. The van der Waals surface area contributed by atoms with Crippen LogP contribution in [-0.4, -0.2) is 33.4 Å². The fraction of sp³-hybridized carbons (Fsp3) is 1.00. The lowest BCUT2D eigenvalue weighted by molar-refractivity contribution is 0.00550. The second-order valence-corrected chi connectivity index (χ2v) is 4.13. The first-order valence-corrected chi connectivity index (χ1v) is 4.16. The number of aliphatic hydroxyl groups is 2. The van der Waals surface area contributed by atoms with Crippen LogP contribution in [0.1, 0.15) is 13.3 Å². The van der Waals surface area contributed by atoms with Gasteiger partial charge in [-0.25, -0.2) is 0 Å². The fourth-order valence-electron chi connectivity index (χ4n) is 1.06. The normalized spacial score (nSPS) is 43.7. The zero-order valence-electron chi connectivity index (χ0n) is 5.50. The van der Waals surface area contributed by atoms with Gasteiger partial charge in [-0.1, -0.05) is 6.92 Å². The van der Waals surface area contributed by atoms with Gasteiger partial charge in [0.25, 0.3) is 0 Å². The molecular weight excluding hydrogens is 136 g/mol. The summed E-state index contributed by atoms with van der Waals surface area (Å²) >= 11 is 1.72. The molecule has 0 spiro atoms. The van der Waals surface area contributed by atoms with Crippen molar-refractivity contribution in [1.82, 2.24) is 0 Å². The molecule has 1 heterocycles. The Labute approximate surface area is 59.3 Å². The van der Waals surface area contributed by atoms with Crippen molar-refractivity contribution in [3.05, 3.63) is 0 Å². The van der Waals surface area contributed by atoms with Crippen molar-refractivity contribution < 1.29 is 10.2 Å². The summed E-state index contributed by atoms with van der Waals surface area (Å²) < 4.78 is 0. The van der Waals surface area contributed by atoms with Crippen LogP contribution in [-0.2, 0) is 0 Å². The van der Waals surface area contributed by atoms with Gasteiger partial charge in [0.15, 0.2) is 0 Å². The maximum absolute atomic E-state index is 9.40. The van der Waals surface area contributed by atoms with Crippen LogP contribution in [0.25, 0.3) is 0 Å². The van der Waals surface area contributed by atoms with Crippen LogP contribution in [0.3, 0.4) is 0 Å². The van der Waals surface area contributed by atoms with E-state index in [1.807, 2.05) is 0 Å². The molecular formula is C6H12O2S. The number of rotatable bonds is 1. The minimum atomic E-state index is -0.774. The van der Waals surface area contributed by atoms with Crippen molar-refractivity contribution in [2.75, 3.05) is 12.4 Å². The van der Waals surface area contributed by atoms with Gasteiger partial charge < -0.3 is 10.2 Å². The van der Waals surface area contributed by atoms with Gasteiger partial charge in [0.2, 0.25) is 0 Å². The highest BCUT2D eigenvalue weighted by Crippen LogP contribution is 2.33. The molecule has 0 amide bonds. The molecule has 1 aliphatic rings. The summed E-state index contributed by atoms with van der Waals surface area (Å²) in [7, 11) is 0. The van der Waals surface area contributed by atoms with Crippen LogP contribution >= 0.6 is 11.8 Å². The van der Waals surface area contributed by atoms with Gasteiger partial charge in [0.1, 0.15) is 0 Å². The van der Waals surface area contributed by atoms with E-state index in [2.05, 4.69) is 6.92 Å². The second-order valence-electron chi connectivity index (χ2n) is 2.71. The minimum absolute atomic E-state index is 0.0929. The summed E-state index contributed by atoms with van der Waals surface area (Å²) in [5.41, 5.74) is -0.774. The fourth-order valence-corrected chi connectivity index (χ4v) is 2.29. The zero-order valence-corrected chi connectivity index (χ0v) is 6.32. The van der Waals surface area contributed by atoms with Crippen molar-refractivity contribution in [1.29, 1.82) is 0 Å². The van der Waals surface area contributed by atoms with E-state index in [0.717, 1.165) is 6.42 Å². The second kappa shape index (κ2) is 2.48. The van der Waals surface area contributed by atoms with Crippen LogP contribution in [0, 0.1) is 0 Å². The Bertz CT molecular complexity index is 107. The summed E-state index contributed by atoms with van der Waals surface area (Å²) in [5, 5.41) is 18.6. The van der Waals surface area contributed by atoms with Crippen LogP contribution < -0.4 is 0 Å². The molecule has 1 aliphatic heterocycles. The summed E-state index contributed by atoms with van der Waals surface area (Å²) in [6.07, 6.45) is 0.730. The molecule has 1 rings (SSSR count). The summed E-state index contributed by atoms with van der Waals surface area (Å²) in [6.45, 7) is 1.97. The molecule has 0 aliphatic carbocycles. The Hall–Kier alpha value is 0.270. The van der Waals surface area contributed by atoms with E-state index in [1.54, 1.807) is 11.8 Å². The molecule has 0 aromatic carbocycles. The molecule has 9 heavy (non-hydrogen) atoms. The van der Waals surface area contributed by atoms with E-state index < -0.39 is 5.60 Å². The Kier molecular flexibility index (Phi) is 2.03. The molecule has 1 saturated heterocycles. The van der Waals surface area contributed by atoms with Crippen molar-refractivity contribution in [3.8, 4) is 0 Å². The van der Waals surface area contributed by atoms with Gasteiger partial charge in [-0.2, -0.15) is 11.8 Å². The summed E-state index contributed by atoms with van der Waals surface area (Å²) in [6, 6.07) is 0. The molecule has 2 atom stereocenters. The van der Waals surface area contributed by atoms with Crippen LogP contribution in [0.5, 0.6) is 0 Å². The van der Waals surface area contributed by atoms with E-state index in [1.165, 1.54) is 0 Å². The highest BCUT2D eigenvalue weighted by Gasteiger charge is 2.34. The molecule has 54 valence electrons. The average Bonchev–Trinajstić information content (AvgIpc) is 2.13. The number of thioether (sulfide) groups is 1. The molecule has 0 aromatic rings. The lowest BCUT2D eigenvalue weighted by Crippen LogP contribution is -2.32. The quantitative estimate of drug-likeness (QED) is 0.559. The molecule has 0 saturated carbocycles. The molecule has 2 nitrogen and oxygen atoms in total. The van der Waals surface area contributed by atoms with Gasteiger partial charge in [-0.15, -0.1) is 0 Å². The number of aliphatic hydroxyl groups excluding tert-OH is 1. The van der Waals surface area contributed by atoms with Gasteiger partial charge >= 0.3 is 0 Å². The predicted molar refractivity (Wildman–Crippen MR) is 38.6 cm³/mol. The first-order valence-electron chi connectivity index (χ1n) is 3.11. The van der Waals surface area contributed by atoms with E-state index in [9.17, 15) is 5.11 Å². The summed E-state index contributed by atoms with van der Waals surface area (Å²) in [5.74, 6) is 0.685. The molecule has 0 radical (unpaired) electrons. The smallest absolute Gasteiger partial charge is 0.0977 e. The van der Waals surface area contributed by atoms with E-state index in [-0.39, 0.29) is 6.61 Å². The van der Waals surface area contributed by atoms with Gasteiger partial charge in [-0.05, 0) is 6.42 Å². The summed E-state index contributed by atoms with van der Waals surface area (Å²) in [4.78, 5) is 0.